The van der Waals surface area contributed by atoms with E-state index in [0.29, 0.717) is 19.6 Å². The molecule has 0 amide bonds. The van der Waals surface area contributed by atoms with E-state index in [2.05, 4.69) is 17.0 Å². The second kappa shape index (κ2) is 6.87. The number of nitrogens with one attached hydrogen (secondary N) is 1. The Kier molecular flexibility index (Phi) is 5.12. The summed E-state index contributed by atoms with van der Waals surface area (Å²) in [5, 5.41) is 12.8. The Balaban J connectivity index is 1.92. The number of rotatable bonds is 7. The van der Waals surface area contributed by atoms with Crippen molar-refractivity contribution in [2.24, 2.45) is 5.14 Å². The van der Waals surface area contributed by atoms with Gasteiger partial charge in [0, 0.05) is 24.8 Å². The molecule has 0 aliphatic heterocycles. The van der Waals surface area contributed by atoms with Gasteiger partial charge < -0.3 is 5.32 Å². The quantitative estimate of drug-likeness (QED) is 0.753. The molecule has 0 spiro atoms. The molecule has 0 saturated carbocycles. The predicted octanol–water partition coefficient (Wildman–Crippen LogP) is 1.31. The minimum Gasteiger partial charge on any atom is -0.308 e. The van der Waals surface area contributed by atoms with Gasteiger partial charge in [-0.3, -0.25) is 4.68 Å². The molecule has 7 heteroatoms. The monoisotopic (exact) mass is 320 g/mol. The number of allylic oxidation sites excluding steroid dienone is 1. The number of nitrogens with two attached hydrogens (primary N) is 1. The third-order valence-corrected chi connectivity index (χ3v) is 4.19. The zero-order chi connectivity index (χ0) is 16.2. The molecule has 0 aliphatic carbocycles. The van der Waals surface area contributed by atoms with Gasteiger partial charge in [0.2, 0.25) is 10.0 Å². The number of aromatic nitrogens is 2. The van der Waals surface area contributed by atoms with Crippen LogP contribution < -0.4 is 10.5 Å². The highest BCUT2D eigenvalue weighted by Gasteiger charge is 2.07. The Morgan fingerprint density at radius 2 is 2.00 bits per heavy atom. The van der Waals surface area contributed by atoms with Gasteiger partial charge in [-0.2, -0.15) is 5.10 Å². The zero-order valence-electron chi connectivity index (χ0n) is 12.5. The van der Waals surface area contributed by atoms with Gasteiger partial charge in [-0.05, 0) is 24.6 Å². The first kappa shape index (κ1) is 16.4. The molecule has 1 heterocycles. The van der Waals surface area contributed by atoms with Crippen molar-refractivity contribution in [1.29, 1.82) is 0 Å². The largest absolute Gasteiger partial charge is 0.308 e. The number of aryl methyl sites for hydroxylation is 1. The Morgan fingerprint density at radius 3 is 2.59 bits per heavy atom. The first-order valence-electron chi connectivity index (χ1n) is 6.86. The van der Waals surface area contributed by atoms with Crippen molar-refractivity contribution in [1.82, 2.24) is 15.1 Å². The second-order valence-corrected chi connectivity index (χ2v) is 6.60. The molecule has 0 fully saturated rings. The smallest absolute Gasteiger partial charge is 0.238 e. The number of benzene rings is 1. The maximum Gasteiger partial charge on any atom is 0.238 e. The lowest BCUT2D eigenvalue weighted by Crippen LogP contribution is -2.14. The molecule has 0 saturated heterocycles. The highest BCUT2D eigenvalue weighted by molar-refractivity contribution is 7.89. The topological polar surface area (TPSA) is 90.0 Å². The molecule has 0 bridgehead atoms. The Hall–Kier alpha value is -1.96. The summed E-state index contributed by atoms with van der Waals surface area (Å²) in [6.07, 6.45) is 3.80. The summed E-state index contributed by atoms with van der Waals surface area (Å²) < 4.78 is 24.2. The van der Waals surface area contributed by atoms with Crippen molar-refractivity contribution in [3.8, 4) is 0 Å². The molecular weight excluding hydrogens is 300 g/mol. The van der Waals surface area contributed by atoms with Crippen LogP contribution >= 0.6 is 0 Å². The van der Waals surface area contributed by atoms with Crippen molar-refractivity contribution in [3.05, 3.63) is 59.9 Å². The summed E-state index contributed by atoms with van der Waals surface area (Å²) in [6.45, 7) is 7.68. The van der Waals surface area contributed by atoms with E-state index in [1.54, 1.807) is 18.2 Å². The van der Waals surface area contributed by atoms with Crippen LogP contribution in [0.15, 0.2) is 48.0 Å². The number of hydrogen-bond acceptors (Lipinski definition) is 4. The summed E-state index contributed by atoms with van der Waals surface area (Å²) >= 11 is 0. The first-order chi connectivity index (χ1) is 10.4. The van der Waals surface area contributed by atoms with Crippen molar-refractivity contribution >= 4 is 10.0 Å². The minimum atomic E-state index is -3.63. The summed E-state index contributed by atoms with van der Waals surface area (Å²) in [4.78, 5) is 0.123. The molecule has 2 aromatic rings. The van der Waals surface area contributed by atoms with Gasteiger partial charge in [0.1, 0.15) is 0 Å². The van der Waals surface area contributed by atoms with Crippen molar-refractivity contribution < 1.29 is 8.42 Å². The first-order valence-corrected chi connectivity index (χ1v) is 8.41. The molecule has 0 unspecified atom stereocenters. The van der Waals surface area contributed by atoms with E-state index in [1.807, 2.05) is 17.8 Å². The summed E-state index contributed by atoms with van der Waals surface area (Å²) in [5.74, 6) is 0. The number of primary sulfonamides is 1. The summed E-state index contributed by atoms with van der Waals surface area (Å²) in [7, 11) is -3.63. The Bertz CT molecular complexity index is 748. The Labute approximate surface area is 130 Å². The minimum absolute atomic E-state index is 0.123. The number of sulfonamides is 1. The van der Waals surface area contributed by atoms with Gasteiger partial charge in [0.25, 0.3) is 0 Å². The average molecular weight is 320 g/mol. The maximum atomic E-state index is 11.2. The van der Waals surface area contributed by atoms with Crippen LogP contribution in [0.3, 0.4) is 0 Å². The van der Waals surface area contributed by atoms with Crippen LogP contribution in [0.5, 0.6) is 0 Å². The van der Waals surface area contributed by atoms with Gasteiger partial charge in [-0.1, -0.05) is 18.2 Å². The fourth-order valence-electron chi connectivity index (χ4n) is 2.10. The van der Waals surface area contributed by atoms with Gasteiger partial charge >= 0.3 is 0 Å². The van der Waals surface area contributed by atoms with E-state index in [9.17, 15) is 8.42 Å². The molecule has 0 aliphatic rings. The molecule has 0 atom stereocenters. The van der Waals surface area contributed by atoms with E-state index < -0.39 is 10.0 Å². The molecule has 0 radical (unpaired) electrons. The molecule has 1 aromatic heterocycles. The fourth-order valence-corrected chi connectivity index (χ4v) is 2.61. The lowest BCUT2D eigenvalue weighted by molar-refractivity contribution is 0.597. The maximum absolute atomic E-state index is 11.2. The molecule has 6 nitrogen and oxygen atoms in total. The van der Waals surface area contributed by atoms with Crippen LogP contribution in [0.4, 0.5) is 0 Å². The van der Waals surface area contributed by atoms with Crippen LogP contribution in [0.2, 0.25) is 0 Å². The van der Waals surface area contributed by atoms with Crippen LogP contribution in [0, 0.1) is 6.92 Å². The van der Waals surface area contributed by atoms with E-state index >= 15 is 0 Å². The van der Waals surface area contributed by atoms with E-state index in [1.165, 1.54) is 12.1 Å². The second-order valence-electron chi connectivity index (χ2n) is 5.04. The summed E-state index contributed by atoms with van der Waals surface area (Å²) in [6, 6.07) is 6.53. The van der Waals surface area contributed by atoms with Crippen molar-refractivity contribution in [2.45, 2.75) is 31.5 Å². The van der Waals surface area contributed by atoms with Crippen molar-refractivity contribution in [2.75, 3.05) is 0 Å². The molecule has 118 valence electrons. The lowest BCUT2D eigenvalue weighted by Gasteiger charge is -2.05. The molecule has 22 heavy (non-hydrogen) atoms. The SMILES string of the molecule is C=CCn1cc(CNCc2ccc(S(N)(=O)=O)cc2)c(C)n1. The normalized spacial score (nSPS) is 11.5. The van der Waals surface area contributed by atoms with E-state index in [-0.39, 0.29) is 4.90 Å². The summed E-state index contributed by atoms with van der Waals surface area (Å²) in [5.41, 5.74) is 3.10. The molecular formula is C15H20N4O2S. The van der Waals surface area contributed by atoms with Gasteiger partial charge in [-0.25, -0.2) is 13.6 Å². The van der Waals surface area contributed by atoms with Gasteiger partial charge in [0.05, 0.1) is 17.1 Å². The average Bonchev–Trinajstić information content (AvgIpc) is 2.79. The predicted molar refractivity (Wildman–Crippen MR) is 85.5 cm³/mol. The van der Waals surface area contributed by atoms with Crippen LogP contribution in [-0.2, 0) is 29.7 Å². The van der Waals surface area contributed by atoms with Crippen molar-refractivity contribution in [3.63, 3.8) is 0 Å². The van der Waals surface area contributed by atoms with E-state index in [4.69, 9.17) is 5.14 Å². The van der Waals surface area contributed by atoms with Crippen LogP contribution in [0.1, 0.15) is 16.8 Å². The van der Waals surface area contributed by atoms with Gasteiger partial charge in [-0.15, -0.1) is 6.58 Å². The highest BCUT2D eigenvalue weighted by Crippen LogP contribution is 2.09. The number of hydrogen-bond donors (Lipinski definition) is 2. The van der Waals surface area contributed by atoms with Gasteiger partial charge in [0.15, 0.2) is 0 Å². The van der Waals surface area contributed by atoms with Crippen LogP contribution in [0.25, 0.3) is 0 Å². The highest BCUT2D eigenvalue weighted by atomic mass is 32.2. The zero-order valence-corrected chi connectivity index (χ0v) is 13.3. The molecule has 1 aromatic carbocycles. The number of nitrogens with zero attached hydrogens (tertiary/aromatic N) is 2. The third-order valence-electron chi connectivity index (χ3n) is 3.26. The van der Waals surface area contributed by atoms with E-state index in [0.717, 1.165) is 16.8 Å². The Morgan fingerprint density at radius 1 is 1.32 bits per heavy atom. The molecule has 2 rings (SSSR count). The van der Waals surface area contributed by atoms with Crippen LogP contribution in [-0.4, -0.2) is 18.2 Å². The third kappa shape index (κ3) is 4.27. The standard InChI is InChI=1S/C15H20N4O2S/c1-3-8-19-11-14(12(2)18-19)10-17-9-13-4-6-15(7-5-13)22(16,20)21/h3-7,11,17H,1,8-10H2,2H3,(H2,16,20,21). The molecule has 3 N–H and O–H groups in total. The fraction of sp³-hybridized carbons (Fsp3) is 0.267. The lowest BCUT2D eigenvalue weighted by atomic mass is 10.2.